The van der Waals surface area contributed by atoms with Gasteiger partial charge in [0.1, 0.15) is 0 Å². The third-order valence-electron chi connectivity index (χ3n) is 6.42. The minimum absolute atomic E-state index is 0.477. The standard InChI is InChI=1S/C19H38N2/c1-13-10-14(2)12-16(11-13)18(21-20)15-6-8-17(9-7-15)19(3,4)5/h13-18,21H,6-12,20H2,1-5H3. The first-order valence-corrected chi connectivity index (χ1v) is 9.27. The van der Waals surface area contributed by atoms with E-state index in [4.69, 9.17) is 5.84 Å². The Labute approximate surface area is 132 Å². The van der Waals surface area contributed by atoms with Crippen LogP contribution in [-0.4, -0.2) is 6.04 Å². The molecular weight excluding hydrogens is 256 g/mol. The van der Waals surface area contributed by atoms with Crippen molar-refractivity contribution >= 4 is 0 Å². The normalized spacial score (nSPS) is 40.0. The summed E-state index contributed by atoms with van der Waals surface area (Å²) in [6.07, 6.45) is 9.68. The van der Waals surface area contributed by atoms with Crippen LogP contribution in [0.15, 0.2) is 0 Å². The van der Waals surface area contributed by atoms with E-state index in [1.54, 1.807) is 0 Å². The molecule has 2 fully saturated rings. The van der Waals surface area contributed by atoms with Crippen molar-refractivity contribution in [1.29, 1.82) is 0 Å². The van der Waals surface area contributed by atoms with Crippen LogP contribution in [0, 0.1) is 35.0 Å². The molecule has 3 unspecified atom stereocenters. The highest BCUT2D eigenvalue weighted by molar-refractivity contribution is 4.90. The molecular formula is C19H38N2. The first-order valence-electron chi connectivity index (χ1n) is 9.27. The minimum atomic E-state index is 0.477. The van der Waals surface area contributed by atoms with Gasteiger partial charge in [0.25, 0.3) is 0 Å². The number of nitrogens with one attached hydrogen (secondary N) is 1. The Kier molecular flexibility index (Phi) is 5.76. The Morgan fingerprint density at radius 3 is 1.81 bits per heavy atom. The predicted octanol–water partition coefficient (Wildman–Crippen LogP) is 4.74. The Morgan fingerprint density at radius 1 is 0.857 bits per heavy atom. The lowest BCUT2D eigenvalue weighted by Crippen LogP contribution is -2.49. The largest absolute Gasteiger partial charge is 0.271 e. The van der Waals surface area contributed by atoms with E-state index < -0.39 is 0 Å². The number of rotatable bonds is 3. The molecule has 2 nitrogen and oxygen atoms in total. The fourth-order valence-corrected chi connectivity index (χ4v) is 5.30. The molecule has 0 bridgehead atoms. The Morgan fingerprint density at radius 2 is 1.38 bits per heavy atom. The van der Waals surface area contributed by atoms with Crippen molar-refractivity contribution < 1.29 is 0 Å². The molecule has 0 aromatic rings. The summed E-state index contributed by atoms with van der Waals surface area (Å²) < 4.78 is 0. The summed E-state index contributed by atoms with van der Waals surface area (Å²) in [6.45, 7) is 12.1. The molecule has 3 atom stereocenters. The Bertz CT molecular complexity index is 302. The van der Waals surface area contributed by atoms with Crippen LogP contribution in [0.25, 0.3) is 0 Å². The Hall–Kier alpha value is -0.0800. The van der Waals surface area contributed by atoms with E-state index in [0.717, 1.165) is 29.6 Å². The lowest BCUT2D eigenvalue weighted by atomic mass is 9.65. The van der Waals surface area contributed by atoms with Crippen LogP contribution in [0.1, 0.15) is 79.6 Å². The van der Waals surface area contributed by atoms with Crippen LogP contribution in [0.4, 0.5) is 0 Å². The van der Waals surface area contributed by atoms with Gasteiger partial charge in [-0.25, -0.2) is 0 Å². The van der Waals surface area contributed by atoms with E-state index in [-0.39, 0.29) is 0 Å². The van der Waals surface area contributed by atoms with Crippen molar-refractivity contribution in [3.63, 3.8) is 0 Å². The lowest BCUT2D eigenvalue weighted by molar-refractivity contribution is 0.0894. The van der Waals surface area contributed by atoms with Crippen molar-refractivity contribution in [1.82, 2.24) is 5.43 Å². The lowest BCUT2D eigenvalue weighted by Gasteiger charge is -2.44. The molecule has 0 amide bonds. The van der Waals surface area contributed by atoms with E-state index in [2.05, 4.69) is 40.0 Å². The van der Waals surface area contributed by atoms with Gasteiger partial charge >= 0.3 is 0 Å². The molecule has 0 aromatic carbocycles. The topological polar surface area (TPSA) is 38.0 Å². The van der Waals surface area contributed by atoms with Crippen LogP contribution in [0.3, 0.4) is 0 Å². The maximum absolute atomic E-state index is 6.00. The quantitative estimate of drug-likeness (QED) is 0.582. The van der Waals surface area contributed by atoms with E-state index in [1.807, 2.05) is 0 Å². The van der Waals surface area contributed by atoms with Gasteiger partial charge in [0.15, 0.2) is 0 Å². The maximum Gasteiger partial charge on any atom is 0.0267 e. The number of hydrogen-bond donors (Lipinski definition) is 2. The van der Waals surface area contributed by atoms with Crippen molar-refractivity contribution in [2.45, 2.75) is 85.6 Å². The molecule has 21 heavy (non-hydrogen) atoms. The van der Waals surface area contributed by atoms with Crippen LogP contribution in [0.2, 0.25) is 0 Å². The highest BCUT2D eigenvalue weighted by Crippen LogP contribution is 2.44. The fraction of sp³-hybridized carbons (Fsp3) is 1.00. The van der Waals surface area contributed by atoms with Gasteiger partial charge in [-0.3, -0.25) is 11.3 Å². The van der Waals surface area contributed by atoms with Crippen LogP contribution >= 0.6 is 0 Å². The second kappa shape index (κ2) is 7.00. The second-order valence-corrected chi connectivity index (χ2v) is 9.35. The summed E-state index contributed by atoms with van der Waals surface area (Å²) in [7, 11) is 0. The molecule has 0 spiro atoms. The number of hydrazine groups is 1. The average Bonchev–Trinajstić information content (AvgIpc) is 2.38. The van der Waals surface area contributed by atoms with Crippen LogP contribution in [-0.2, 0) is 0 Å². The van der Waals surface area contributed by atoms with Gasteiger partial charge in [-0.05, 0) is 80.0 Å². The summed E-state index contributed by atoms with van der Waals surface area (Å²) in [5, 5.41) is 0. The molecule has 0 aromatic heterocycles. The summed E-state index contributed by atoms with van der Waals surface area (Å²) in [5.74, 6) is 10.2. The molecule has 0 radical (unpaired) electrons. The molecule has 2 aliphatic rings. The van der Waals surface area contributed by atoms with Gasteiger partial charge < -0.3 is 0 Å². The molecule has 2 saturated carbocycles. The van der Waals surface area contributed by atoms with Crippen LogP contribution in [0.5, 0.6) is 0 Å². The molecule has 0 saturated heterocycles. The fourth-order valence-electron chi connectivity index (χ4n) is 5.30. The number of nitrogens with two attached hydrogens (primary N) is 1. The monoisotopic (exact) mass is 294 g/mol. The first-order chi connectivity index (χ1) is 9.81. The second-order valence-electron chi connectivity index (χ2n) is 9.35. The summed E-state index contributed by atoms with van der Waals surface area (Å²) in [6, 6.07) is 0.552. The predicted molar refractivity (Wildman–Crippen MR) is 91.7 cm³/mol. The molecule has 2 rings (SSSR count). The first kappa shape index (κ1) is 17.3. The molecule has 2 aliphatic carbocycles. The van der Waals surface area contributed by atoms with Gasteiger partial charge in [-0.15, -0.1) is 0 Å². The van der Waals surface area contributed by atoms with Crippen LogP contribution < -0.4 is 11.3 Å². The van der Waals surface area contributed by atoms with E-state index in [9.17, 15) is 0 Å². The molecule has 3 N–H and O–H groups in total. The van der Waals surface area contributed by atoms with Gasteiger partial charge in [0.2, 0.25) is 0 Å². The van der Waals surface area contributed by atoms with E-state index in [0.29, 0.717) is 11.5 Å². The zero-order chi connectivity index (χ0) is 15.6. The average molecular weight is 295 g/mol. The highest BCUT2D eigenvalue weighted by atomic mass is 15.2. The van der Waals surface area contributed by atoms with Gasteiger partial charge in [0.05, 0.1) is 0 Å². The zero-order valence-corrected chi connectivity index (χ0v) is 15.0. The molecule has 2 heteroatoms. The van der Waals surface area contributed by atoms with Crippen molar-refractivity contribution in [3.05, 3.63) is 0 Å². The van der Waals surface area contributed by atoms with Gasteiger partial charge in [-0.2, -0.15) is 0 Å². The third-order valence-corrected chi connectivity index (χ3v) is 6.42. The smallest absolute Gasteiger partial charge is 0.0267 e. The van der Waals surface area contributed by atoms with Crippen molar-refractivity contribution in [3.8, 4) is 0 Å². The van der Waals surface area contributed by atoms with E-state index >= 15 is 0 Å². The van der Waals surface area contributed by atoms with Gasteiger partial charge in [0, 0.05) is 6.04 Å². The SMILES string of the molecule is CC1CC(C)CC(C(NN)C2CCC(C(C)(C)C)CC2)C1. The van der Waals surface area contributed by atoms with Gasteiger partial charge in [-0.1, -0.05) is 34.6 Å². The summed E-state index contributed by atoms with van der Waals surface area (Å²) in [5.41, 5.74) is 3.71. The van der Waals surface area contributed by atoms with E-state index in [1.165, 1.54) is 44.9 Å². The molecule has 0 aliphatic heterocycles. The van der Waals surface area contributed by atoms with Crippen molar-refractivity contribution in [2.24, 2.45) is 40.8 Å². The Balaban J connectivity index is 1.93. The maximum atomic E-state index is 6.00. The minimum Gasteiger partial charge on any atom is -0.271 e. The van der Waals surface area contributed by atoms with Crippen molar-refractivity contribution in [2.75, 3.05) is 0 Å². The summed E-state index contributed by atoms with van der Waals surface area (Å²) >= 11 is 0. The molecule has 0 heterocycles. The summed E-state index contributed by atoms with van der Waals surface area (Å²) in [4.78, 5) is 0. The zero-order valence-electron chi connectivity index (χ0n) is 15.0. The number of hydrogen-bond acceptors (Lipinski definition) is 2. The third kappa shape index (κ3) is 4.45. The molecule has 124 valence electrons. The highest BCUT2D eigenvalue weighted by Gasteiger charge is 2.37.